The van der Waals surface area contributed by atoms with Crippen molar-refractivity contribution >= 4 is 28.8 Å². The van der Waals surface area contributed by atoms with Crippen molar-refractivity contribution in [3.63, 3.8) is 0 Å². The van der Waals surface area contributed by atoms with Crippen LogP contribution in [0.2, 0.25) is 0 Å². The SMILES string of the molecule is Cc1ccc(C2/C(=C(/O)c3ccc4c(c3)CCO4)C(=O)C(=O)N2Cc2cccs2)o1. The summed E-state index contributed by atoms with van der Waals surface area (Å²) in [4.78, 5) is 28.4. The lowest BCUT2D eigenvalue weighted by Gasteiger charge is -2.22. The summed E-state index contributed by atoms with van der Waals surface area (Å²) in [5.41, 5.74) is 1.50. The first kappa shape index (κ1) is 18.7. The molecule has 4 heterocycles. The maximum atomic E-state index is 13.0. The molecule has 1 N–H and O–H groups in total. The van der Waals surface area contributed by atoms with Gasteiger partial charge in [-0.2, -0.15) is 0 Å². The molecule has 2 aliphatic heterocycles. The number of hydrogen-bond acceptors (Lipinski definition) is 6. The van der Waals surface area contributed by atoms with Crippen LogP contribution in [0.15, 0.2) is 57.8 Å². The average Bonchev–Trinajstić information content (AvgIpc) is 3.52. The zero-order valence-corrected chi connectivity index (χ0v) is 17.1. The molecule has 1 fully saturated rings. The second-order valence-corrected chi connectivity index (χ2v) is 8.41. The van der Waals surface area contributed by atoms with E-state index in [0.29, 0.717) is 23.7 Å². The van der Waals surface area contributed by atoms with Crippen molar-refractivity contribution in [2.24, 2.45) is 0 Å². The van der Waals surface area contributed by atoms with Gasteiger partial charge in [0.25, 0.3) is 11.7 Å². The number of fused-ring (bicyclic) bond motifs is 1. The molecular weight excluding hydrogens is 402 g/mol. The Kier molecular flexibility index (Phi) is 4.47. The Morgan fingerprint density at radius 1 is 1.23 bits per heavy atom. The van der Waals surface area contributed by atoms with Crippen LogP contribution in [0.1, 0.15) is 33.6 Å². The number of likely N-dealkylation sites (tertiary alicyclic amines) is 1. The van der Waals surface area contributed by atoms with E-state index in [1.807, 2.05) is 23.6 Å². The average molecular weight is 421 g/mol. The first-order chi connectivity index (χ1) is 14.5. The largest absolute Gasteiger partial charge is 0.507 e. The van der Waals surface area contributed by atoms with E-state index in [0.717, 1.165) is 22.6 Å². The molecule has 2 aromatic heterocycles. The standard InChI is InChI=1S/C23H19NO5S/c1-13-4-6-18(29-13)20-19(21(25)15-5-7-17-14(11-15)8-9-28-17)22(26)23(27)24(20)12-16-3-2-10-30-16/h2-7,10-11,20,25H,8-9,12H2,1H3/b21-19-. The molecule has 1 saturated heterocycles. The number of thiophene rings is 1. The molecule has 30 heavy (non-hydrogen) atoms. The smallest absolute Gasteiger partial charge is 0.296 e. The highest BCUT2D eigenvalue weighted by atomic mass is 32.1. The van der Waals surface area contributed by atoms with Gasteiger partial charge in [-0.05, 0) is 54.3 Å². The lowest BCUT2D eigenvalue weighted by Crippen LogP contribution is -2.28. The highest BCUT2D eigenvalue weighted by molar-refractivity contribution is 7.09. The molecule has 1 amide bonds. The van der Waals surface area contributed by atoms with Crippen LogP contribution in [0, 0.1) is 6.92 Å². The van der Waals surface area contributed by atoms with Crippen LogP contribution in [0.25, 0.3) is 5.76 Å². The number of benzene rings is 1. The predicted octanol–water partition coefficient (Wildman–Crippen LogP) is 4.21. The van der Waals surface area contributed by atoms with E-state index in [9.17, 15) is 14.7 Å². The summed E-state index contributed by atoms with van der Waals surface area (Å²) in [5, 5.41) is 13.0. The van der Waals surface area contributed by atoms with Gasteiger partial charge in [0.15, 0.2) is 0 Å². The summed E-state index contributed by atoms with van der Waals surface area (Å²) >= 11 is 1.51. The number of nitrogens with zero attached hydrogens (tertiary/aromatic N) is 1. The molecular formula is C23H19NO5S. The number of ether oxygens (including phenoxy) is 1. The van der Waals surface area contributed by atoms with E-state index < -0.39 is 17.7 Å². The van der Waals surface area contributed by atoms with E-state index in [-0.39, 0.29) is 17.9 Å². The van der Waals surface area contributed by atoms with Crippen molar-refractivity contribution in [1.82, 2.24) is 4.90 Å². The van der Waals surface area contributed by atoms with E-state index in [1.165, 1.54) is 16.2 Å². The molecule has 1 aromatic carbocycles. The van der Waals surface area contributed by atoms with Crippen molar-refractivity contribution in [3.05, 3.63) is 80.9 Å². The molecule has 0 saturated carbocycles. The van der Waals surface area contributed by atoms with Crippen molar-refractivity contribution in [2.75, 3.05) is 6.61 Å². The Labute approximate surface area is 177 Å². The molecule has 6 nitrogen and oxygen atoms in total. The zero-order chi connectivity index (χ0) is 20.8. The van der Waals surface area contributed by atoms with Gasteiger partial charge in [-0.3, -0.25) is 9.59 Å². The van der Waals surface area contributed by atoms with Gasteiger partial charge in [0.05, 0.1) is 18.7 Å². The number of amides is 1. The third kappa shape index (κ3) is 3.02. The summed E-state index contributed by atoms with van der Waals surface area (Å²) in [5.74, 6) is 0.350. The van der Waals surface area contributed by atoms with Gasteiger partial charge in [-0.25, -0.2) is 0 Å². The Morgan fingerprint density at radius 2 is 2.10 bits per heavy atom. The molecule has 3 aromatic rings. The number of furan rings is 1. The van der Waals surface area contributed by atoms with E-state index >= 15 is 0 Å². The minimum Gasteiger partial charge on any atom is -0.507 e. The fourth-order valence-corrected chi connectivity index (χ4v) is 4.70. The maximum absolute atomic E-state index is 13.0. The second-order valence-electron chi connectivity index (χ2n) is 7.38. The van der Waals surface area contributed by atoms with E-state index in [4.69, 9.17) is 9.15 Å². The third-order valence-electron chi connectivity index (χ3n) is 5.44. The molecule has 152 valence electrons. The van der Waals surface area contributed by atoms with Crippen molar-refractivity contribution < 1.29 is 23.8 Å². The summed E-state index contributed by atoms with van der Waals surface area (Å²) in [7, 11) is 0. The van der Waals surface area contributed by atoms with Gasteiger partial charge in [-0.15, -0.1) is 11.3 Å². The number of aliphatic hydroxyl groups is 1. The number of Topliss-reactive ketones (excluding diaryl/α,β-unsaturated/α-hetero) is 1. The van der Waals surface area contributed by atoms with Crippen LogP contribution in [0.5, 0.6) is 5.75 Å². The Morgan fingerprint density at radius 3 is 2.83 bits per heavy atom. The van der Waals surface area contributed by atoms with Gasteiger partial charge in [0, 0.05) is 16.9 Å². The molecule has 0 bridgehead atoms. The van der Waals surface area contributed by atoms with Crippen LogP contribution in [-0.4, -0.2) is 28.3 Å². The zero-order valence-electron chi connectivity index (χ0n) is 16.3. The summed E-state index contributed by atoms with van der Waals surface area (Å²) in [6, 6.07) is 11.9. The molecule has 1 atom stereocenters. The van der Waals surface area contributed by atoms with Crippen LogP contribution in [0.4, 0.5) is 0 Å². The molecule has 0 aliphatic carbocycles. The minimum absolute atomic E-state index is 0.0461. The fourth-order valence-electron chi connectivity index (χ4n) is 4.00. The number of carbonyl (C=O) groups excluding carboxylic acids is 2. The van der Waals surface area contributed by atoms with Gasteiger partial charge in [-0.1, -0.05) is 6.07 Å². The van der Waals surface area contributed by atoms with Gasteiger partial charge in [0.1, 0.15) is 29.1 Å². The van der Waals surface area contributed by atoms with Crippen molar-refractivity contribution in [3.8, 4) is 5.75 Å². The third-order valence-corrected chi connectivity index (χ3v) is 6.30. The van der Waals surface area contributed by atoms with Crippen LogP contribution in [-0.2, 0) is 22.6 Å². The Hall–Kier alpha value is -3.32. The predicted molar refractivity (Wildman–Crippen MR) is 111 cm³/mol. The highest BCUT2D eigenvalue weighted by Crippen LogP contribution is 2.41. The second kappa shape index (κ2) is 7.18. The topological polar surface area (TPSA) is 80.0 Å². The number of hydrogen-bond donors (Lipinski definition) is 1. The number of aryl methyl sites for hydroxylation is 1. The first-order valence-corrected chi connectivity index (χ1v) is 10.5. The van der Waals surface area contributed by atoms with E-state index in [2.05, 4.69) is 0 Å². The van der Waals surface area contributed by atoms with Crippen LogP contribution < -0.4 is 4.74 Å². The quantitative estimate of drug-likeness (QED) is 0.388. The molecule has 2 aliphatic rings. The molecule has 1 unspecified atom stereocenters. The molecule has 5 rings (SSSR count). The van der Waals surface area contributed by atoms with Gasteiger partial charge in [0.2, 0.25) is 0 Å². The summed E-state index contributed by atoms with van der Waals surface area (Å²) < 4.78 is 11.3. The van der Waals surface area contributed by atoms with Crippen molar-refractivity contribution in [2.45, 2.75) is 25.9 Å². The van der Waals surface area contributed by atoms with Gasteiger partial charge < -0.3 is 19.2 Å². The molecule has 0 spiro atoms. The number of aliphatic hydroxyl groups excluding tert-OH is 1. The van der Waals surface area contributed by atoms with Crippen LogP contribution in [0.3, 0.4) is 0 Å². The first-order valence-electron chi connectivity index (χ1n) is 9.66. The van der Waals surface area contributed by atoms with Crippen LogP contribution >= 0.6 is 11.3 Å². The highest BCUT2D eigenvalue weighted by Gasteiger charge is 2.47. The number of rotatable bonds is 4. The number of carbonyl (C=O) groups is 2. The van der Waals surface area contributed by atoms with Gasteiger partial charge >= 0.3 is 0 Å². The lowest BCUT2D eigenvalue weighted by molar-refractivity contribution is -0.140. The molecule has 0 radical (unpaired) electrons. The van der Waals surface area contributed by atoms with Crippen molar-refractivity contribution in [1.29, 1.82) is 0 Å². The molecule has 7 heteroatoms. The number of ketones is 1. The van der Waals surface area contributed by atoms with E-state index in [1.54, 1.807) is 31.2 Å². The Bertz CT molecular complexity index is 1170. The maximum Gasteiger partial charge on any atom is 0.296 e. The lowest BCUT2D eigenvalue weighted by atomic mass is 9.98. The fraction of sp³-hybridized carbons (Fsp3) is 0.217. The normalized spacial score (nSPS) is 19.9. The monoisotopic (exact) mass is 421 g/mol. The Balaban J connectivity index is 1.63. The summed E-state index contributed by atoms with van der Waals surface area (Å²) in [6.07, 6.45) is 0.740. The summed E-state index contributed by atoms with van der Waals surface area (Å²) in [6.45, 7) is 2.66. The minimum atomic E-state index is -0.787.